The molecule has 1 aromatic rings. The predicted molar refractivity (Wildman–Crippen MR) is 77.4 cm³/mol. The Labute approximate surface area is 116 Å². The van der Waals surface area contributed by atoms with Crippen LogP contribution in [-0.2, 0) is 11.3 Å². The summed E-state index contributed by atoms with van der Waals surface area (Å²) in [6.45, 7) is 11.5. The summed E-state index contributed by atoms with van der Waals surface area (Å²) in [5, 5.41) is 3.40. The monoisotopic (exact) mass is 266 g/mol. The predicted octanol–water partition coefficient (Wildman–Crippen LogP) is 1.67. The number of aromatic nitrogens is 2. The first-order chi connectivity index (χ1) is 9.25. The van der Waals surface area contributed by atoms with Crippen molar-refractivity contribution in [1.29, 1.82) is 0 Å². The topological polar surface area (TPSA) is 42.3 Å². The summed E-state index contributed by atoms with van der Waals surface area (Å²) in [5.41, 5.74) is 0. The molecule has 0 radical (unpaired) electrons. The second-order valence-electron chi connectivity index (χ2n) is 5.53. The lowest BCUT2D eigenvalue weighted by molar-refractivity contribution is 0.0369. The van der Waals surface area contributed by atoms with E-state index in [9.17, 15) is 0 Å². The van der Waals surface area contributed by atoms with Gasteiger partial charge in [-0.3, -0.25) is 4.90 Å². The number of nitrogens with one attached hydrogen (secondary N) is 1. The van der Waals surface area contributed by atoms with Gasteiger partial charge in [-0.1, -0.05) is 13.8 Å². The van der Waals surface area contributed by atoms with Gasteiger partial charge in [0.1, 0.15) is 0 Å². The minimum Gasteiger partial charge on any atom is -0.379 e. The maximum Gasteiger partial charge on any atom is 0.202 e. The van der Waals surface area contributed by atoms with Gasteiger partial charge >= 0.3 is 0 Å². The molecule has 0 unspecified atom stereocenters. The van der Waals surface area contributed by atoms with Crippen LogP contribution in [0.1, 0.15) is 20.3 Å². The van der Waals surface area contributed by atoms with E-state index >= 15 is 0 Å². The highest BCUT2D eigenvalue weighted by Crippen LogP contribution is 2.07. The highest BCUT2D eigenvalue weighted by atomic mass is 16.5. The molecule has 1 saturated heterocycles. The molecule has 0 saturated carbocycles. The quantitative estimate of drug-likeness (QED) is 0.815. The van der Waals surface area contributed by atoms with E-state index in [1.54, 1.807) is 0 Å². The second-order valence-corrected chi connectivity index (χ2v) is 5.53. The SMILES string of the molecule is CC(C)CNc1nccn1CCCN1CCOCC1. The van der Waals surface area contributed by atoms with E-state index in [0.717, 1.165) is 58.3 Å². The van der Waals surface area contributed by atoms with Crippen molar-refractivity contribution >= 4 is 5.95 Å². The molecule has 1 fully saturated rings. The third kappa shape index (κ3) is 4.84. The molecule has 2 heterocycles. The Morgan fingerprint density at radius 1 is 1.32 bits per heavy atom. The molecule has 1 N–H and O–H groups in total. The van der Waals surface area contributed by atoms with Gasteiger partial charge in [0.05, 0.1) is 13.2 Å². The molecule has 0 amide bonds. The number of anilines is 1. The van der Waals surface area contributed by atoms with Crippen LogP contribution in [0, 0.1) is 5.92 Å². The molecule has 2 rings (SSSR count). The highest BCUT2D eigenvalue weighted by molar-refractivity contribution is 5.25. The van der Waals surface area contributed by atoms with Gasteiger partial charge in [0.15, 0.2) is 0 Å². The number of hydrogen-bond acceptors (Lipinski definition) is 4. The maximum atomic E-state index is 5.36. The van der Waals surface area contributed by atoms with Gasteiger partial charge in [-0.05, 0) is 12.3 Å². The van der Waals surface area contributed by atoms with Crippen molar-refractivity contribution in [3.05, 3.63) is 12.4 Å². The van der Waals surface area contributed by atoms with Crippen molar-refractivity contribution in [1.82, 2.24) is 14.5 Å². The Hall–Kier alpha value is -1.07. The van der Waals surface area contributed by atoms with E-state index in [-0.39, 0.29) is 0 Å². The van der Waals surface area contributed by atoms with E-state index in [1.807, 2.05) is 6.20 Å². The molecule has 0 aromatic carbocycles. The summed E-state index contributed by atoms with van der Waals surface area (Å²) in [6, 6.07) is 0. The van der Waals surface area contributed by atoms with E-state index in [0.29, 0.717) is 5.92 Å². The zero-order valence-corrected chi connectivity index (χ0v) is 12.1. The highest BCUT2D eigenvalue weighted by Gasteiger charge is 2.10. The number of nitrogens with zero attached hydrogens (tertiary/aromatic N) is 3. The van der Waals surface area contributed by atoms with Crippen molar-refractivity contribution in [2.24, 2.45) is 5.92 Å². The lowest BCUT2D eigenvalue weighted by atomic mass is 10.2. The first-order valence-electron chi connectivity index (χ1n) is 7.31. The van der Waals surface area contributed by atoms with Crippen molar-refractivity contribution in [3.8, 4) is 0 Å². The molecule has 108 valence electrons. The summed E-state index contributed by atoms with van der Waals surface area (Å²) in [7, 11) is 0. The smallest absolute Gasteiger partial charge is 0.202 e. The molecule has 5 heteroatoms. The molecule has 5 nitrogen and oxygen atoms in total. The first kappa shape index (κ1) is 14.3. The Kier molecular flexibility index (Phi) is 5.66. The standard InChI is InChI=1S/C14H26N4O/c1-13(2)12-16-14-15-4-7-18(14)6-3-5-17-8-10-19-11-9-17/h4,7,13H,3,5-6,8-12H2,1-2H3,(H,15,16). The van der Waals surface area contributed by atoms with Gasteiger partial charge < -0.3 is 14.6 Å². The van der Waals surface area contributed by atoms with E-state index in [1.165, 1.54) is 0 Å². The van der Waals surface area contributed by atoms with Gasteiger partial charge in [-0.25, -0.2) is 4.98 Å². The average molecular weight is 266 g/mol. The molecule has 0 aliphatic carbocycles. The van der Waals surface area contributed by atoms with Gasteiger partial charge in [-0.2, -0.15) is 0 Å². The number of rotatable bonds is 7. The lowest BCUT2D eigenvalue weighted by Gasteiger charge is -2.26. The van der Waals surface area contributed by atoms with Crippen molar-refractivity contribution < 1.29 is 4.74 Å². The van der Waals surface area contributed by atoms with Gasteiger partial charge in [-0.15, -0.1) is 0 Å². The van der Waals surface area contributed by atoms with E-state index in [2.05, 4.69) is 39.8 Å². The minimum atomic E-state index is 0.637. The summed E-state index contributed by atoms with van der Waals surface area (Å²) in [4.78, 5) is 6.85. The third-order valence-corrected chi connectivity index (χ3v) is 3.36. The molecule has 19 heavy (non-hydrogen) atoms. The number of aryl methyl sites for hydroxylation is 1. The van der Waals surface area contributed by atoms with Crippen LogP contribution in [0.15, 0.2) is 12.4 Å². The average Bonchev–Trinajstić information content (AvgIpc) is 2.85. The van der Waals surface area contributed by atoms with Gasteiger partial charge in [0.2, 0.25) is 5.95 Å². The molecular formula is C14H26N4O. The van der Waals surface area contributed by atoms with E-state index in [4.69, 9.17) is 4.74 Å². The van der Waals surface area contributed by atoms with E-state index < -0.39 is 0 Å². The molecule has 0 bridgehead atoms. The van der Waals surface area contributed by atoms with Crippen LogP contribution in [0.25, 0.3) is 0 Å². The Morgan fingerprint density at radius 2 is 2.11 bits per heavy atom. The fourth-order valence-corrected chi connectivity index (χ4v) is 2.24. The van der Waals surface area contributed by atoms with Crippen LogP contribution < -0.4 is 5.32 Å². The minimum absolute atomic E-state index is 0.637. The van der Waals surface area contributed by atoms with Gasteiger partial charge in [0, 0.05) is 45.1 Å². The molecule has 0 atom stereocenters. The van der Waals surface area contributed by atoms with Crippen LogP contribution >= 0.6 is 0 Å². The molecule has 1 aliphatic heterocycles. The summed E-state index contributed by atoms with van der Waals surface area (Å²) >= 11 is 0. The van der Waals surface area contributed by atoms with Crippen molar-refractivity contribution in [2.75, 3.05) is 44.7 Å². The Morgan fingerprint density at radius 3 is 2.84 bits per heavy atom. The normalized spacial score (nSPS) is 17.0. The van der Waals surface area contributed by atoms with Crippen LogP contribution in [0.5, 0.6) is 0 Å². The number of morpholine rings is 1. The summed E-state index contributed by atoms with van der Waals surface area (Å²) in [6.07, 6.45) is 5.09. The number of imidazole rings is 1. The molecule has 0 spiro atoms. The van der Waals surface area contributed by atoms with Crippen molar-refractivity contribution in [3.63, 3.8) is 0 Å². The van der Waals surface area contributed by atoms with Crippen LogP contribution in [0.3, 0.4) is 0 Å². The number of hydrogen-bond donors (Lipinski definition) is 1. The Bertz CT molecular complexity index is 358. The molecule has 1 aromatic heterocycles. The fraction of sp³-hybridized carbons (Fsp3) is 0.786. The molecule has 1 aliphatic rings. The second kappa shape index (κ2) is 7.50. The van der Waals surface area contributed by atoms with Crippen LogP contribution in [0.2, 0.25) is 0 Å². The summed E-state index contributed by atoms with van der Waals surface area (Å²) in [5.74, 6) is 1.63. The largest absolute Gasteiger partial charge is 0.379 e. The van der Waals surface area contributed by atoms with Crippen LogP contribution in [0.4, 0.5) is 5.95 Å². The summed E-state index contributed by atoms with van der Waals surface area (Å²) < 4.78 is 7.57. The zero-order chi connectivity index (χ0) is 13.5. The number of ether oxygens (including phenoxy) is 1. The van der Waals surface area contributed by atoms with Gasteiger partial charge in [0.25, 0.3) is 0 Å². The fourth-order valence-electron chi connectivity index (χ4n) is 2.24. The lowest BCUT2D eigenvalue weighted by Crippen LogP contribution is -2.37. The maximum absolute atomic E-state index is 5.36. The molecular weight excluding hydrogens is 240 g/mol. The first-order valence-corrected chi connectivity index (χ1v) is 7.31. The zero-order valence-electron chi connectivity index (χ0n) is 12.1. The Balaban J connectivity index is 1.71. The van der Waals surface area contributed by atoms with Crippen LogP contribution in [-0.4, -0.2) is 53.8 Å². The van der Waals surface area contributed by atoms with Crippen molar-refractivity contribution in [2.45, 2.75) is 26.8 Å². The third-order valence-electron chi connectivity index (χ3n) is 3.36.